The molecular weight excluding hydrogens is 1660 g/mol. The van der Waals surface area contributed by atoms with Crippen LogP contribution in [0.1, 0.15) is 0 Å². The van der Waals surface area contributed by atoms with Crippen molar-refractivity contribution in [1.82, 2.24) is 13.7 Å². The number of furan rings is 3. The molecule has 0 N–H and O–H groups in total. The summed E-state index contributed by atoms with van der Waals surface area (Å²) in [4.78, 5) is 9.48. The molecule has 0 atom stereocenters. The summed E-state index contributed by atoms with van der Waals surface area (Å²) in [6, 6.07) is 178. The average molecular weight is 1740 g/mol. The van der Waals surface area contributed by atoms with Gasteiger partial charge in [-0.05, 0) is 253 Å². The molecule has 27 aromatic rings. The van der Waals surface area contributed by atoms with Crippen LogP contribution in [0.2, 0.25) is 0 Å². The van der Waals surface area contributed by atoms with Gasteiger partial charge in [0, 0.05) is 167 Å². The fourth-order valence-corrected chi connectivity index (χ4v) is 21.2. The van der Waals surface area contributed by atoms with Crippen LogP contribution < -0.4 is 19.6 Å². The number of para-hydroxylation sites is 12. The monoisotopic (exact) mass is 1740 g/mol. The molecule has 0 saturated heterocycles. The Kier molecular flexibility index (Phi) is 18.1. The number of anilines is 12. The minimum Gasteiger partial charge on any atom is -0.455 e. The molecule has 6 aromatic heterocycles. The van der Waals surface area contributed by atoms with Gasteiger partial charge in [0.15, 0.2) is 0 Å². The molecule has 0 radical (unpaired) electrons. The third-order valence-electron chi connectivity index (χ3n) is 27.5. The topological polar surface area (TPSA) is 67.2 Å². The number of hydrogen-bond acceptors (Lipinski definition) is 7. The van der Waals surface area contributed by atoms with E-state index < -0.39 is 0 Å². The first-order valence-corrected chi connectivity index (χ1v) is 46.2. The lowest BCUT2D eigenvalue weighted by Crippen LogP contribution is -2.14. The van der Waals surface area contributed by atoms with Crippen LogP contribution in [-0.2, 0) is 0 Å². The summed E-state index contributed by atoms with van der Waals surface area (Å²) in [6.07, 6.45) is 0. The zero-order valence-corrected chi connectivity index (χ0v) is 73.6. The van der Waals surface area contributed by atoms with Gasteiger partial charge in [-0.2, -0.15) is 0 Å². The van der Waals surface area contributed by atoms with Crippen molar-refractivity contribution in [2.75, 3.05) is 19.6 Å². The molecule has 0 bridgehead atoms. The van der Waals surface area contributed by atoms with Gasteiger partial charge in [-0.25, -0.2) is 0 Å². The zero-order chi connectivity index (χ0) is 89.4. The molecule has 0 aliphatic heterocycles. The van der Waals surface area contributed by atoms with Crippen LogP contribution in [0.4, 0.5) is 68.2 Å². The summed E-state index contributed by atoms with van der Waals surface area (Å²) in [5.41, 5.74) is 33.5. The van der Waals surface area contributed by atoms with Crippen LogP contribution in [0.5, 0.6) is 0 Å². The number of aromatic nitrogens is 3. The van der Waals surface area contributed by atoms with Crippen LogP contribution >= 0.6 is 0 Å². The van der Waals surface area contributed by atoms with Crippen molar-refractivity contribution in [2.45, 2.75) is 0 Å². The molecule has 638 valence electrons. The lowest BCUT2D eigenvalue weighted by Gasteiger charge is -2.30. The summed E-state index contributed by atoms with van der Waals surface area (Å²) in [5, 5.41) is 13.9. The molecule has 10 heteroatoms. The van der Waals surface area contributed by atoms with Crippen LogP contribution in [0.15, 0.2) is 505 Å². The summed E-state index contributed by atoms with van der Waals surface area (Å²) < 4.78 is 27.1. The van der Waals surface area contributed by atoms with Gasteiger partial charge in [-0.15, -0.1) is 0 Å². The Morgan fingerprint density at radius 2 is 0.294 bits per heavy atom. The number of rotatable bonds is 18. The van der Waals surface area contributed by atoms with Gasteiger partial charge in [0.2, 0.25) is 0 Å². The highest BCUT2D eigenvalue weighted by atomic mass is 16.3. The predicted octanol–water partition coefficient (Wildman–Crippen LogP) is 35.6. The van der Waals surface area contributed by atoms with E-state index in [0.29, 0.717) is 0 Å². The summed E-state index contributed by atoms with van der Waals surface area (Å²) in [7, 11) is 0. The Morgan fingerprint density at radius 1 is 0.132 bits per heavy atom. The van der Waals surface area contributed by atoms with E-state index in [1.807, 2.05) is 18.2 Å². The van der Waals surface area contributed by atoms with Crippen LogP contribution in [0, 0.1) is 0 Å². The number of fused-ring (bicyclic) bond motifs is 18. The Morgan fingerprint density at radius 3 is 0.500 bits per heavy atom. The van der Waals surface area contributed by atoms with Gasteiger partial charge in [0.05, 0.1) is 33.1 Å². The van der Waals surface area contributed by atoms with E-state index in [1.165, 1.54) is 32.3 Å². The van der Waals surface area contributed by atoms with Crippen molar-refractivity contribution >= 4 is 199 Å². The van der Waals surface area contributed by atoms with Gasteiger partial charge < -0.3 is 46.6 Å². The highest BCUT2D eigenvalue weighted by Gasteiger charge is 2.26. The minimum absolute atomic E-state index is 0.870. The standard InChI is InChI=1S/C126H81N7O3/c1-10-37-115-103(22-1)104-23-2-11-38-116(104)131(115)97-76-70-94(71-77-97)127(85-52-46-82(47-53-85)100-31-19-34-112-109-28-7-16-43-121(109)134-124(100)112)88-58-64-91(65-59-88)130(92-66-60-89(61-67-92)128(86-54-48-83(49-55-86)101-32-20-35-113-110-29-8-17-44-122(110)135-125(101)113)95-72-78-98(79-73-95)132-117-39-12-3-24-105(117)106-25-4-13-40-118(106)132)93-68-62-90(63-69-93)129(87-56-50-84(51-57-87)102-33-21-36-114-111-30-9-18-45-123(111)136-126(102)114)96-74-80-99(81-75-96)133-119-41-14-5-26-107(119)108-27-6-15-42-120(108)133/h1-81H. The van der Waals surface area contributed by atoms with Gasteiger partial charge in [-0.3, -0.25) is 0 Å². The summed E-state index contributed by atoms with van der Waals surface area (Å²) in [6.45, 7) is 0. The molecule has 0 fully saturated rings. The predicted molar refractivity (Wildman–Crippen MR) is 566 cm³/mol. The molecule has 0 unspecified atom stereocenters. The van der Waals surface area contributed by atoms with Gasteiger partial charge in [-0.1, -0.05) is 255 Å². The smallest absolute Gasteiger partial charge is 0.143 e. The second kappa shape index (κ2) is 31.7. The second-order valence-corrected chi connectivity index (χ2v) is 35.0. The summed E-state index contributed by atoms with van der Waals surface area (Å²) in [5.74, 6) is 0. The average Bonchev–Trinajstić information content (AvgIpc) is 1.55. The molecule has 10 nitrogen and oxygen atoms in total. The fraction of sp³-hybridized carbons (Fsp3) is 0. The van der Waals surface area contributed by atoms with Crippen molar-refractivity contribution < 1.29 is 13.3 Å². The number of nitrogens with zero attached hydrogens (tertiary/aromatic N) is 7. The Labute approximate surface area is 782 Å². The first kappa shape index (κ1) is 77.6. The molecule has 6 heterocycles. The van der Waals surface area contributed by atoms with Crippen molar-refractivity contribution in [1.29, 1.82) is 0 Å². The molecule has 27 rings (SSSR count). The Hall–Kier alpha value is -18.4. The van der Waals surface area contributed by atoms with Crippen LogP contribution in [0.3, 0.4) is 0 Å². The third kappa shape index (κ3) is 12.8. The van der Waals surface area contributed by atoms with E-state index in [2.05, 4.69) is 506 Å². The largest absolute Gasteiger partial charge is 0.455 e. The molecule has 21 aromatic carbocycles. The fourth-order valence-electron chi connectivity index (χ4n) is 21.2. The number of benzene rings is 21. The normalized spacial score (nSPS) is 11.8. The highest BCUT2D eigenvalue weighted by molar-refractivity contribution is 6.15. The quantitative estimate of drug-likeness (QED) is 0.0848. The third-order valence-corrected chi connectivity index (χ3v) is 27.5. The van der Waals surface area contributed by atoms with E-state index in [9.17, 15) is 0 Å². The lowest BCUT2D eigenvalue weighted by molar-refractivity contribution is 0.669. The first-order chi connectivity index (χ1) is 67.4. The van der Waals surface area contributed by atoms with E-state index >= 15 is 0 Å². The molecule has 0 saturated carbocycles. The lowest BCUT2D eigenvalue weighted by atomic mass is 10.0. The van der Waals surface area contributed by atoms with Gasteiger partial charge in [0.1, 0.15) is 33.5 Å². The maximum absolute atomic E-state index is 6.66. The van der Waals surface area contributed by atoms with Crippen LogP contribution in [-0.4, -0.2) is 13.7 Å². The SMILES string of the molecule is c1ccc2c(c1)oc1c(-c3ccc(N(c4ccc(N(c5ccc(N(c6ccc(-c7cccc8c7oc7ccccc78)cc6)c6ccc(-n7c8ccccc8c8ccccc87)cc6)cc5)c5ccc(N(c6ccc(-c7cccc8c7oc7ccccc78)cc6)c6ccc(-n7c8ccccc8c8ccccc87)cc6)cc5)cc4)c4ccc(-n5c6ccccc6c6ccccc65)cc4)cc3)cccc12. The van der Waals surface area contributed by atoms with Gasteiger partial charge >= 0.3 is 0 Å². The number of hydrogen-bond donors (Lipinski definition) is 0. The summed E-state index contributed by atoms with van der Waals surface area (Å²) >= 11 is 0. The second-order valence-electron chi connectivity index (χ2n) is 35.0. The molecule has 0 amide bonds. The zero-order valence-electron chi connectivity index (χ0n) is 73.6. The first-order valence-electron chi connectivity index (χ1n) is 46.2. The van der Waals surface area contributed by atoms with Crippen molar-refractivity contribution in [2.24, 2.45) is 0 Å². The highest BCUT2D eigenvalue weighted by Crippen LogP contribution is 2.49. The Balaban J connectivity index is 0.604. The van der Waals surface area contributed by atoms with E-state index in [0.717, 1.165) is 218 Å². The van der Waals surface area contributed by atoms with Crippen molar-refractivity contribution in [3.8, 4) is 50.4 Å². The maximum atomic E-state index is 6.66. The molecule has 0 aliphatic carbocycles. The van der Waals surface area contributed by atoms with Crippen molar-refractivity contribution in [3.05, 3.63) is 491 Å². The minimum atomic E-state index is 0.870. The maximum Gasteiger partial charge on any atom is 0.143 e. The van der Waals surface area contributed by atoms with E-state index in [4.69, 9.17) is 13.3 Å². The van der Waals surface area contributed by atoms with E-state index in [-0.39, 0.29) is 0 Å². The Bertz CT molecular complexity index is 8310. The molecular formula is C126H81N7O3. The molecule has 0 aliphatic rings. The van der Waals surface area contributed by atoms with E-state index in [1.54, 1.807) is 0 Å². The molecule has 0 spiro atoms. The van der Waals surface area contributed by atoms with Crippen LogP contribution in [0.25, 0.3) is 182 Å². The van der Waals surface area contributed by atoms with Gasteiger partial charge in [0.25, 0.3) is 0 Å². The van der Waals surface area contributed by atoms with Crippen molar-refractivity contribution in [3.63, 3.8) is 0 Å². The molecule has 136 heavy (non-hydrogen) atoms.